The number of fused-ring (bicyclic) bond motifs is 1. The molecule has 0 spiro atoms. The zero-order valence-corrected chi connectivity index (χ0v) is 13.9. The third kappa shape index (κ3) is 3.51. The highest BCUT2D eigenvalue weighted by Gasteiger charge is 2.20. The van der Waals surface area contributed by atoms with Gasteiger partial charge in [-0.2, -0.15) is 0 Å². The zero-order valence-electron chi connectivity index (χ0n) is 13.9. The van der Waals surface area contributed by atoms with E-state index >= 15 is 0 Å². The van der Waals surface area contributed by atoms with Gasteiger partial charge in [-0.15, -0.1) is 0 Å². The van der Waals surface area contributed by atoms with Crippen LogP contribution in [0.3, 0.4) is 0 Å². The molecule has 2 aromatic rings. The largest absolute Gasteiger partial charge is 0.353 e. The fourth-order valence-electron chi connectivity index (χ4n) is 3.74. The molecule has 2 fully saturated rings. The number of piperidine rings is 1. The first-order valence-corrected chi connectivity index (χ1v) is 9.02. The smallest absolute Gasteiger partial charge is 0.147 e. The number of nitrogens with zero attached hydrogens (tertiary/aromatic N) is 5. The Balaban J connectivity index is 1.28. The van der Waals surface area contributed by atoms with E-state index < -0.39 is 0 Å². The minimum absolute atomic E-state index is 1.04. The number of rotatable bonds is 4. The normalized spacial score (nSPS) is 21.1. The lowest BCUT2D eigenvalue weighted by molar-refractivity contribution is 0.176. The lowest BCUT2D eigenvalue weighted by atomic mass is 10.1. The summed E-state index contributed by atoms with van der Waals surface area (Å²) in [7, 11) is 0. The van der Waals surface area contributed by atoms with Crippen molar-refractivity contribution in [2.24, 2.45) is 0 Å². The predicted octanol–water partition coefficient (Wildman–Crippen LogP) is 1.94. The Morgan fingerprint density at radius 1 is 0.826 bits per heavy atom. The van der Waals surface area contributed by atoms with Crippen LogP contribution in [0.1, 0.15) is 19.3 Å². The van der Waals surface area contributed by atoms with Crippen LogP contribution in [0.15, 0.2) is 30.6 Å². The van der Waals surface area contributed by atoms with E-state index in [2.05, 4.69) is 43.6 Å². The van der Waals surface area contributed by atoms with Crippen LogP contribution in [0.2, 0.25) is 0 Å². The first kappa shape index (κ1) is 15.0. The Labute approximate surface area is 138 Å². The molecule has 0 atom stereocenters. The highest BCUT2D eigenvalue weighted by Crippen LogP contribution is 2.16. The Morgan fingerprint density at radius 2 is 1.57 bits per heavy atom. The van der Waals surface area contributed by atoms with E-state index in [4.69, 9.17) is 4.98 Å². The summed E-state index contributed by atoms with van der Waals surface area (Å²) in [5.41, 5.74) is 1.04. The van der Waals surface area contributed by atoms with Gasteiger partial charge < -0.3 is 14.2 Å². The van der Waals surface area contributed by atoms with Gasteiger partial charge in [-0.25, -0.2) is 4.98 Å². The van der Waals surface area contributed by atoms with Crippen LogP contribution in [0.4, 0.5) is 5.82 Å². The average Bonchev–Trinajstić information content (AvgIpc) is 3.05. The molecule has 23 heavy (non-hydrogen) atoms. The second-order valence-corrected chi connectivity index (χ2v) is 6.80. The van der Waals surface area contributed by atoms with Crippen LogP contribution in [0.5, 0.6) is 0 Å². The third-order valence-corrected chi connectivity index (χ3v) is 5.23. The maximum Gasteiger partial charge on any atom is 0.147 e. The van der Waals surface area contributed by atoms with E-state index in [0.29, 0.717) is 0 Å². The summed E-state index contributed by atoms with van der Waals surface area (Å²) in [6.07, 6.45) is 8.43. The van der Waals surface area contributed by atoms with Crippen LogP contribution < -0.4 is 4.90 Å². The average molecular weight is 313 g/mol. The second-order valence-electron chi connectivity index (χ2n) is 6.80. The van der Waals surface area contributed by atoms with Crippen molar-refractivity contribution in [2.75, 3.05) is 57.3 Å². The highest BCUT2D eigenvalue weighted by molar-refractivity contribution is 5.50. The summed E-state index contributed by atoms with van der Waals surface area (Å²) in [5, 5.41) is 0. The Morgan fingerprint density at radius 3 is 2.30 bits per heavy atom. The molecule has 2 aliphatic heterocycles. The summed E-state index contributed by atoms with van der Waals surface area (Å²) in [4.78, 5) is 12.4. The first-order chi connectivity index (χ1) is 11.4. The Hall–Kier alpha value is -1.59. The Bertz CT molecular complexity index is 590. The van der Waals surface area contributed by atoms with Crippen molar-refractivity contribution in [3.63, 3.8) is 0 Å². The molecule has 124 valence electrons. The summed E-state index contributed by atoms with van der Waals surface area (Å²) in [5.74, 6) is 1.12. The van der Waals surface area contributed by atoms with E-state index in [0.717, 1.165) is 37.6 Å². The Kier molecular flexibility index (Phi) is 4.48. The number of imidazole rings is 1. The lowest BCUT2D eigenvalue weighted by Crippen LogP contribution is -2.49. The van der Waals surface area contributed by atoms with Crippen LogP contribution in [0.25, 0.3) is 5.65 Å². The molecule has 2 aliphatic rings. The van der Waals surface area contributed by atoms with Crippen molar-refractivity contribution < 1.29 is 0 Å². The van der Waals surface area contributed by atoms with Crippen LogP contribution in [0, 0.1) is 0 Å². The van der Waals surface area contributed by atoms with Gasteiger partial charge in [-0.1, -0.05) is 12.5 Å². The molecule has 2 aromatic heterocycles. The van der Waals surface area contributed by atoms with E-state index in [-0.39, 0.29) is 0 Å². The zero-order chi connectivity index (χ0) is 15.5. The number of likely N-dealkylation sites (tertiary alicyclic amines) is 1. The van der Waals surface area contributed by atoms with Crippen molar-refractivity contribution in [3.05, 3.63) is 30.6 Å². The fourth-order valence-corrected chi connectivity index (χ4v) is 3.74. The summed E-state index contributed by atoms with van der Waals surface area (Å²) < 4.78 is 2.11. The van der Waals surface area contributed by atoms with Gasteiger partial charge in [0.05, 0.1) is 6.20 Å². The summed E-state index contributed by atoms with van der Waals surface area (Å²) in [6, 6.07) is 6.17. The van der Waals surface area contributed by atoms with Gasteiger partial charge in [-0.3, -0.25) is 4.90 Å². The molecular weight excluding hydrogens is 286 g/mol. The van der Waals surface area contributed by atoms with Crippen LogP contribution in [-0.4, -0.2) is 71.5 Å². The van der Waals surface area contributed by atoms with E-state index in [9.17, 15) is 0 Å². The molecule has 4 rings (SSSR count). The summed E-state index contributed by atoms with van der Waals surface area (Å²) >= 11 is 0. The quantitative estimate of drug-likeness (QED) is 0.862. The van der Waals surface area contributed by atoms with Crippen LogP contribution >= 0.6 is 0 Å². The maximum atomic E-state index is 4.74. The van der Waals surface area contributed by atoms with E-state index in [1.54, 1.807) is 0 Å². The lowest BCUT2D eigenvalue weighted by Gasteiger charge is -2.36. The number of hydrogen-bond acceptors (Lipinski definition) is 4. The predicted molar refractivity (Wildman–Crippen MR) is 94.1 cm³/mol. The highest BCUT2D eigenvalue weighted by atomic mass is 15.3. The first-order valence-electron chi connectivity index (χ1n) is 9.02. The van der Waals surface area contributed by atoms with Gasteiger partial charge >= 0.3 is 0 Å². The van der Waals surface area contributed by atoms with Gasteiger partial charge in [0.15, 0.2) is 0 Å². The van der Waals surface area contributed by atoms with E-state index in [1.807, 2.05) is 6.07 Å². The van der Waals surface area contributed by atoms with Gasteiger partial charge in [0.1, 0.15) is 11.5 Å². The van der Waals surface area contributed by atoms with Gasteiger partial charge in [0.25, 0.3) is 0 Å². The molecular formula is C18H27N5. The minimum atomic E-state index is 1.04. The molecule has 2 saturated heterocycles. The molecule has 0 radical (unpaired) electrons. The van der Waals surface area contributed by atoms with Gasteiger partial charge in [-0.05, 0) is 38.1 Å². The minimum Gasteiger partial charge on any atom is -0.353 e. The molecule has 0 bridgehead atoms. The van der Waals surface area contributed by atoms with Crippen molar-refractivity contribution in [3.8, 4) is 0 Å². The molecule has 4 heterocycles. The van der Waals surface area contributed by atoms with Gasteiger partial charge in [0, 0.05) is 45.5 Å². The molecule has 5 heteroatoms. The number of piperazine rings is 1. The van der Waals surface area contributed by atoms with Crippen LogP contribution in [-0.2, 0) is 0 Å². The van der Waals surface area contributed by atoms with Gasteiger partial charge in [0.2, 0.25) is 0 Å². The fraction of sp³-hybridized carbons (Fsp3) is 0.611. The molecule has 0 unspecified atom stereocenters. The van der Waals surface area contributed by atoms with E-state index in [1.165, 1.54) is 45.4 Å². The maximum absolute atomic E-state index is 4.74. The number of anilines is 1. The molecule has 0 aromatic carbocycles. The van der Waals surface area contributed by atoms with Crippen molar-refractivity contribution in [1.82, 2.24) is 19.2 Å². The monoisotopic (exact) mass is 313 g/mol. The molecule has 0 amide bonds. The second kappa shape index (κ2) is 6.89. The molecule has 0 N–H and O–H groups in total. The van der Waals surface area contributed by atoms with Crippen molar-refractivity contribution in [2.45, 2.75) is 19.3 Å². The molecule has 5 nitrogen and oxygen atoms in total. The van der Waals surface area contributed by atoms with Crippen molar-refractivity contribution in [1.29, 1.82) is 0 Å². The van der Waals surface area contributed by atoms with Crippen molar-refractivity contribution >= 4 is 11.5 Å². The SMILES string of the molecule is c1ccn2cc(N3CCN(CCN4CCCCC4)CC3)nc2c1. The number of aromatic nitrogens is 2. The molecule has 0 saturated carbocycles. The number of pyridine rings is 1. The standard InChI is InChI=1S/C18H27N5/c1-3-7-20(8-4-1)10-11-21-12-14-22(15-13-21)18-16-23-9-5-2-6-17(23)19-18/h2,5-6,9,16H,1,3-4,7-8,10-15H2. The topological polar surface area (TPSA) is 27.0 Å². The summed E-state index contributed by atoms with van der Waals surface area (Å²) in [6.45, 7) is 9.56. The molecule has 0 aliphatic carbocycles. The number of hydrogen-bond donors (Lipinski definition) is 0. The third-order valence-electron chi connectivity index (χ3n) is 5.23.